The van der Waals surface area contributed by atoms with Crippen LogP contribution in [-0.2, 0) is 4.79 Å². The van der Waals surface area contributed by atoms with Crippen molar-refractivity contribution in [2.24, 2.45) is 0 Å². The average molecular weight is 246 g/mol. The van der Waals surface area contributed by atoms with Crippen LogP contribution in [0.5, 0.6) is 0 Å². The van der Waals surface area contributed by atoms with Crippen molar-refractivity contribution in [2.75, 3.05) is 24.5 Å². The van der Waals surface area contributed by atoms with E-state index in [0.29, 0.717) is 18.4 Å². The van der Waals surface area contributed by atoms with E-state index < -0.39 is 0 Å². The van der Waals surface area contributed by atoms with Gasteiger partial charge in [-0.2, -0.15) is 0 Å². The normalized spacial score (nSPS) is 20.0. The van der Waals surface area contributed by atoms with E-state index in [-0.39, 0.29) is 0 Å². The molecule has 1 aliphatic heterocycles. The maximum absolute atomic E-state index is 12.0. The molecule has 1 fully saturated rings. The molecule has 0 radical (unpaired) electrons. The molecule has 1 amide bonds. The van der Waals surface area contributed by atoms with Gasteiger partial charge >= 0.3 is 0 Å². The van der Waals surface area contributed by atoms with Gasteiger partial charge in [-0.1, -0.05) is 25.1 Å². The smallest absolute Gasteiger partial charge is 0.222 e. The summed E-state index contributed by atoms with van der Waals surface area (Å²) in [7, 11) is 0. The molecule has 1 aliphatic rings. The standard InChI is InChI=1S/C15H22N2O/c1-3-7-15(18)17-11-10-16(12-13(17)2)14-8-5-4-6-9-14/h4-6,8-9,13H,3,7,10-12H2,1-2H3. The van der Waals surface area contributed by atoms with Gasteiger partial charge in [0.15, 0.2) is 0 Å². The van der Waals surface area contributed by atoms with Gasteiger partial charge in [-0.05, 0) is 25.5 Å². The minimum Gasteiger partial charge on any atom is -0.368 e. The Labute approximate surface area is 109 Å². The number of amides is 1. The maximum atomic E-state index is 12.0. The van der Waals surface area contributed by atoms with Crippen LogP contribution >= 0.6 is 0 Å². The zero-order chi connectivity index (χ0) is 13.0. The minimum atomic E-state index is 0.303. The Hall–Kier alpha value is -1.51. The molecular weight excluding hydrogens is 224 g/mol. The topological polar surface area (TPSA) is 23.6 Å². The third-order valence-electron chi connectivity index (χ3n) is 3.53. The monoisotopic (exact) mass is 246 g/mol. The number of carbonyl (C=O) groups excluding carboxylic acids is 1. The predicted octanol–water partition coefficient (Wildman–Crippen LogP) is 2.52. The van der Waals surface area contributed by atoms with E-state index in [1.54, 1.807) is 0 Å². The molecule has 0 aromatic heterocycles. The van der Waals surface area contributed by atoms with Crippen LogP contribution in [0.4, 0.5) is 5.69 Å². The van der Waals surface area contributed by atoms with Crippen molar-refractivity contribution < 1.29 is 4.79 Å². The highest BCUT2D eigenvalue weighted by atomic mass is 16.2. The van der Waals surface area contributed by atoms with Gasteiger partial charge in [-0.15, -0.1) is 0 Å². The molecule has 1 aromatic carbocycles. The van der Waals surface area contributed by atoms with Crippen molar-refractivity contribution in [1.29, 1.82) is 0 Å². The van der Waals surface area contributed by atoms with Crippen LogP contribution in [-0.4, -0.2) is 36.5 Å². The number of carbonyl (C=O) groups is 1. The van der Waals surface area contributed by atoms with E-state index in [4.69, 9.17) is 0 Å². The third-order valence-corrected chi connectivity index (χ3v) is 3.53. The summed E-state index contributed by atoms with van der Waals surface area (Å²) in [6, 6.07) is 10.7. The van der Waals surface area contributed by atoms with Crippen LogP contribution in [0.15, 0.2) is 30.3 Å². The molecule has 3 heteroatoms. The molecule has 98 valence electrons. The Morgan fingerprint density at radius 1 is 1.28 bits per heavy atom. The van der Waals surface area contributed by atoms with E-state index in [1.165, 1.54) is 5.69 Å². The highest BCUT2D eigenvalue weighted by Gasteiger charge is 2.26. The summed E-state index contributed by atoms with van der Waals surface area (Å²) in [6.45, 7) is 6.91. The van der Waals surface area contributed by atoms with Gasteiger partial charge in [0, 0.05) is 37.8 Å². The molecule has 0 saturated carbocycles. The second-order valence-electron chi connectivity index (χ2n) is 4.97. The summed E-state index contributed by atoms with van der Waals surface area (Å²) in [5, 5.41) is 0. The summed E-state index contributed by atoms with van der Waals surface area (Å²) in [5.74, 6) is 0.303. The number of benzene rings is 1. The highest BCUT2D eigenvalue weighted by Crippen LogP contribution is 2.19. The SMILES string of the molecule is CCCC(=O)N1CCN(c2ccccc2)CC1C. The van der Waals surface area contributed by atoms with Crippen LogP contribution in [0.1, 0.15) is 26.7 Å². The Balaban J connectivity index is 1.98. The molecule has 0 spiro atoms. The van der Waals surface area contributed by atoms with E-state index >= 15 is 0 Å². The highest BCUT2D eigenvalue weighted by molar-refractivity contribution is 5.76. The number of piperazine rings is 1. The van der Waals surface area contributed by atoms with Crippen molar-refractivity contribution >= 4 is 11.6 Å². The molecule has 1 unspecified atom stereocenters. The minimum absolute atomic E-state index is 0.303. The average Bonchev–Trinajstić information content (AvgIpc) is 2.40. The second kappa shape index (κ2) is 5.89. The van der Waals surface area contributed by atoms with Crippen LogP contribution < -0.4 is 4.90 Å². The van der Waals surface area contributed by atoms with Gasteiger partial charge in [-0.25, -0.2) is 0 Å². The largest absolute Gasteiger partial charge is 0.368 e. The number of hydrogen-bond acceptors (Lipinski definition) is 2. The Morgan fingerprint density at radius 3 is 2.61 bits per heavy atom. The van der Waals surface area contributed by atoms with Gasteiger partial charge in [0.1, 0.15) is 0 Å². The van der Waals surface area contributed by atoms with Crippen LogP contribution in [0.2, 0.25) is 0 Å². The van der Waals surface area contributed by atoms with Crippen molar-refractivity contribution in [3.8, 4) is 0 Å². The number of para-hydroxylation sites is 1. The summed E-state index contributed by atoms with van der Waals surface area (Å²) >= 11 is 0. The molecule has 3 nitrogen and oxygen atoms in total. The molecule has 1 saturated heterocycles. The first-order valence-corrected chi connectivity index (χ1v) is 6.82. The van der Waals surface area contributed by atoms with Crippen LogP contribution in [0.3, 0.4) is 0 Å². The van der Waals surface area contributed by atoms with E-state index in [0.717, 1.165) is 26.1 Å². The van der Waals surface area contributed by atoms with E-state index in [1.807, 2.05) is 11.0 Å². The first-order chi connectivity index (χ1) is 8.72. The van der Waals surface area contributed by atoms with Gasteiger partial charge < -0.3 is 9.80 Å². The number of anilines is 1. The van der Waals surface area contributed by atoms with Crippen molar-refractivity contribution in [2.45, 2.75) is 32.7 Å². The van der Waals surface area contributed by atoms with E-state index in [9.17, 15) is 4.79 Å². The molecule has 1 aromatic rings. The van der Waals surface area contributed by atoms with Crippen LogP contribution in [0, 0.1) is 0 Å². The molecule has 2 rings (SSSR count). The van der Waals surface area contributed by atoms with Crippen molar-refractivity contribution in [3.63, 3.8) is 0 Å². The quantitative estimate of drug-likeness (QED) is 0.818. The first-order valence-electron chi connectivity index (χ1n) is 6.82. The summed E-state index contributed by atoms with van der Waals surface area (Å²) in [6.07, 6.45) is 1.61. The lowest BCUT2D eigenvalue weighted by Crippen LogP contribution is -2.54. The molecule has 1 atom stereocenters. The number of nitrogens with zero attached hydrogens (tertiary/aromatic N) is 2. The van der Waals surface area contributed by atoms with Crippen molar-refractivity contribution in [1.82, 2.24) is 4.90 Å². The van der Waals surface area contributed by atoms with Gasteiger partial charge in [0.05, 0.1) is 0 Å². The molecule has 18 heavy (non-hydrogen) atoms. The lowest BCUT2D eigenvalue weighted by atomic mass is 10.1. The predicted molar refractivity (Wildman–Crippen MR) is 74.7 cm³/mol. The van der Waals surface area contributed by atoms with Gasteiger partial charge in [0.2, 0.25) is 5.91 Å². The molecule has 1 heterocycles. The Bertz CT molecular complexity index is 391. The second-order valence-corrected chi connectivity index (χ2v) is 4.97. The molecular formula is C15H22N2O. The Morgan fingerprint density at radius 2 is 2.00 bits per heavy atom. The lowest BCUT2D eigenvalue weighted by Gasteiger charge is -2.41. The summed E-state index contributed by atoms with van der Waals surface area (Å²) in [5.41, 5.74) is 1.26. The number of hydrogen-bond donors (Lipinski definition) is 0. The van der Waals surface area contributed by atoms with Gasteiger partial charge in [0.25, 0.3) is 0 Å². The molecule has 0 aliphatic carbocycles. The van der Waals surface area contributed by atoms with E-state index in [2.05, 4.69) is 43.0 Å². The first kappa shape index (κ1) is 12.9. The fourth-order valence-electron chi connectivity index (χ4n) is 2.56. The fraction of sp³-hybridized carbons (Fsp3) is 0.533. The number of rotatable bonds is 3. The third kappa shape index (κ3) is 2.84. The molecule has 0 N–H and O–H groups in total. The van der Waals surface area contributed by atoms with Crippen molar-refractivity contribution in [3.05, 3.63) is 30.3 Å². The maximum Gasteiger partial charge on any atom is 0.222 e. The summed E-state index contributed by atoms with van der Waals surface area (Å²) in [4.78, 5) is 16.4. The fourth-order valence-corrected chi connectivity index (χ4v) is 2.56. The Kier molecular flexibility index (Phi) is 4.24. The zero-order valence-corrected chi connectivity index (χ0v) is 11.3. The van der Waals surface area contributed by atoms with Gasteiger partial charge in [-0.3, -0.25) is 4.79 Å². The lowest BCUT2D eigenvalue weighted by molar-refractivity contribution is -0.133. The van der Waals surface area contributed by atoms with Crippen LogP contribution in [0.25, 0.3) is 0 Å². The zero-order valence-electron chi connectivity index (χ0n) is 11.3. The molecule has 0 bridgehead atoms. The summed E-state index contributed by atoms with van der Waals surface area (Å²) < 4.78 is 0.